The summed E-state index contributed by atoms with van der Waals surface area (Å²) in [7, 11) is 1.63. The summed E-state index contributed by atoms with van der Waals surface area (Å²) in [5, 5.41) is 6.99. The summed E-state index contributed by atoms with van der Waals surface area (Å²) in [6.45, 7) is 5.36. The fraction of sp³-hybridized carbons (Fsp3) is 0.375. The Kier molecular flexibility index (Phi) is 4.56. The van der Waals surface area contributed by atoms with Crippen molar-refractivity contribution in [3.8, 4) is 11.1 Å². The minimum atomic E-state index is -0.0656. The zero-order valence-corrected chi connectivity index (χ0v) is 12.3. The molecule has 1 N–H and O–H groups in total. The number of hydrogen-bond acceptors (Lipinski definition) is 2. The third-order valence-corrected chi connectivity index (χ3v) is 3.28. The van der Waals surface area contributed by atoms with Gasteiger partial charge in [-0.1, -0.05) is 26.0 Å². The summed E-state index contributed by atoms with van der Waals surface area (Å²) in [6, 6.07) is 7.57. The molecule has 0 saturated heterocycles. The third-order valence-electron chi connectivity index (χ3n) is 3.28. The molecule has 0 radical (unpaired) electrons. The van der Waals surface area contributed by atoms with E-state index in [1.54, 1.807) is 7.05 Å². The Morgan fingerprint density at radius 2 is 1.95 bits per heavy atom. The number of carbonyl (C=O) groups excluding carboxylic acids is 1. The van der Waals surface area contributed by atoms with Gasteiger partial charge in [-0.25, -0.2) is 0 Å². The van der Waals surface area contributed by atoms with E-state index in [1.807, 2.05) is 35.1 Å². The molecule has 1 heterocycles. The van der Waals surface area contributed by atoms with Crippen molar-refractivity contribution in [3.63, 3.8) is 0 Å². The first-order valence-electron chi connectivity index (χ1n) is 6.95. The van der Waals surface area contributed by atoms with E-state index in [9.17, 15) is 4.79 Å². The van der Waals surface area contributed by atoms with Crippen LogP contribution >= 0.6 is 0 Å². The molecule has 0 bridgehead atoms. The zero-order valence-electron chi connectivity index (χ0n) is 12.3. The molecule has 0 saturated carbocycles. The quantitative estimate of drug-likeness (QED) is 0.908. The Bertz CT molecular complexity index is 570. The summed E-state index contributed by atoms with van der Waals surface area (Å²) < 4.78 is 1.97. The Balaban J connectivity index is 2.10. The number of benzene rings is 1. The lowest BCUT2D eigenvalue weighted by Crippen LogP contribution is -2.17. The Morgan fingerprint density at radius 3 is 2.55 bits per heavy atom. The molecule has 4 nitrogen and oxygen atoms in total. The third kappa shape index (κ3) is 3.47. The number of amides is 1. The molecule has 0 spiro atoms. The van der Waals surface area contributed by atoms with E-state index in [1.165, 1.54) is 0 Å². The largest absolute Gasteiger partial charge is 0.355 e. The number of nitrogens with one attached hydrogen (secondary N) is 1. The van der Waals surface area contributed by atoms with Crippen molar-refractivity contribution in [1.29, 1.82) is 0 Å². The van der Waals surface area contributed by atoms with E-state index in [0.717, 1.165) is 24.1 Å². The lowest BCUT2D eigenvalue weighted by atomic mass is 10.1. The summed E-state index contributed by atoms with van der Waals surface area (Å²) >= 11 is 0. The Labute approximate surface area is 119 Å². The van der Waals surface area contributed by atoms with Crippen molar-refractivity contribution < 1.29 is 4.79 Å². The maximum atomic E-state index is 11.5. The van der Waals surface area contributed by atoms with Crippen molar-refractivity contribution in [2.24, 2.45) is 5.92 Å². The lowest BCUT2D eigenvalue weighted by Gasteiger charge is -2.04. The SMILES string of the molecule is CNC(=O)c1ccc(-c2cnn(CCC(C)C)c2)cc1. The number of rotatable bonds is 5. The van der Waals surface area contributed by atoms with Crippen LogP contribution in [0.15, 0.2) is 36.7 Å². The van der Waals surface area contributed by atoms with Gasteiger partial charge in [-0.15, -0.1) is 0 Å². The second-order valence-corrected chi connectivity index (χ2v) is 5.33. The van der Waals surface area contributed by atoms with Crippen LogP contribution in [0.1, 0.15) is 30.6 Å². The van der Waals surface area contributed by atoms with E-state index in [-0.39, 0.29) is 5.91 Å². The normalized spacial score (nSPS) is 10.8. The molecule has 0 fully saturated rings. The zero-order chi connectivity index (χ0) is 14.5. The second kappa shape index (κ2) is 6.37. The second-order valence-electron chi connectivity index (χ2n) is 5.33. The predicted molar refractivity (Wildman–Crippen MR) is 80.5 cm³/mol. The van der Waals surface area contributed by atoms with E-state index in [2.05, 4.69) is 30.5 Å². The van der Waals surface area contributed by atoms with Gasteiger partial charge in [0.1, 0.15) is 0 Å². The maximum Gasteiger partial charge on any atom is 0.251 e. The first kappa shape index (κ1) is 14.3. The van der Waals surface area contributed by atoms with Gasteiger partial charge in [-0.05, 0) is 30.0 Å². The molecule has 4 heteroatoms. The van der Waals surface area contributed by atoms with E-state index in [4.69, 9.17) is 0 Å². The highest BCUT2D eigenvalue weighted by molar-refractivity contribution is 5.94. The minimum absolute atomic E-state index is 0.0656. The van der Waals surface area contributed by atoms with Crippen LogP contribution in [0.3, 0.4) is 0 Å². The highest BCUT2D eigenvalue weighted by Gasteiger charge is 2.05. The number of aryl methyl sites for hydroxylation is 1. The predicted octanol–water partition coefficient (Wildman–Crippen LogP) is 2.96. The number of carbonyl (C=O) groups is 1. The molecular weight excluding hydrogens is 250 g/mol. The van der Waals surface area contributed by atoms with Crippen molar-refractivity contribution in [1.82, 2.24) is 15.1 Å². The van der Waals surface area contributed by atoms with Gasteiger partial charge >= 0.3 is 0 Å². The van der Waals surface area contributed by atoms with Crippen molar-refractivity contribution in [3.05, 3.63) is 42.2 Å². The standard InChI is InChI=1S/C16H21N3O/c1-12(2)8-9-19-11-15(10-18-19)13-4-6-14(7-5-13)16(20)17-3/h4-7,10-12H,8-9H2,1-3H3,(H,17,20). The van der Waals surface area contributed by atoms with Gasteiger partial charge in [0.15, 0.2) is 0 Å². The summed E-state index contributed by atoms with van der Waals surface area (Å²) in [5.41, 5.74) is 2.83. The van der Waals surface area contributed by atoms with Crippen LogP contribution in [0.4, 0.5) is 0 Å². The van der Waals surface area contributed by atoms with Crippen molar-refractivity contribution in [2.45, 2.75) is 26.8 Å². The molecule has 1 aromatic carbocycles. The van der Waals surface area contributed by atoms with E-state index in [0.29, 0.717) is 11.5 Å². The average molecular weight is 271 g/mol. The summed E-state index contributed by atoms with van der Waals surface area (Å²) in [5.74, 6) is 0.610. The van der Waals surface area contributed by atoms with Crippen LogP contribution in [0.25, 0.3) is 11.1 Å². The van der Waals surface area contributed by atoms with Crippen LogP contribution in [-0.2, 0) is 6.54 Å². The van der Waals surface area contributed by atoms with Gasteiger partial charge in [0.25, 0.3) is 5.91 Å². The molecule has 106 valence electrons. The first-order valence-corrected chi connectivity index (χ1v) is 6.95. The van der Waals surface area contributed by atoms with Gasteiger partial charge in [-0.3, -0.25) is 9.48 Å². The number of hydrogen-bond donors (Lipinski definition) is 1. The van der Waals surface area contributed by atoms with E-state index < -0.39 is 0 Å². The summed E-state index contributed by atoms with van der Waals surface area (Å²) in [6.07, 6.45) is 5.04. The molecular formula is C16H21N3O. The fourth-order valence-corrected chi connectivity index (χ4v) is 1.98. The topological polar surface area (TPSA) is 46.9 Å². The smallest absolute Gasteiger partial charge is 0.251 e. The highest BCUT2D eigenvalue weighted by Crippen LogP contribution is 2.19. The fourth-order valence-electron chi connectivity index (χ4n) is 1.98. The van der Waals surface area contributed by atoms with Crippen LogP contribution in [-0.4, -0.2) is 22.7 Å². The van der Waals surface area contributed by atoms with Crippen LogP contribution in [0.2, 0.25) is 0 Å². The van der Waals surface area contributed by atoms with Gasteiger partial charge < -0.3 is 5.32 Å². The monoisotopic (exact) mass is 271 g/mol. The maximum absolute atomic E-state index is 11.5. The Morgan fingerprint density at radius 1 is 1.25 bits per heavy atom. The molecule has 0 aliphatic carbocycles. The van der Waals surface area contributed by atoms with Crippen molar-refractivity contribution >= 4 is 5.91 Å². The van der Waals surface area contributed by atoms with E-state index >= 15 is 0 Å². The average Bonchev–Trinajstić information content (AvgIpc) is 2.93. The summed E-state index contributed by atoms with van der Waals surface area (Å²) in [4.78, 5) is 11.5. The highest BCUT2D eigenvalue weighted by atomic mass is 16.1. The van der Waals surface area contributed by atoms with Gasteiger partial charge in [0.05, 0.1) is 6.20 Å². The first-order chi connectivity index (χ1) is 9.60. The number of aromatic nitrogens is 2. The van der Waals surface area contributed by atoms with Gasteiger partial charge in [-0.2, -0.15) is 5.10 Å². The van der Waals surface area contributed by atoms with Crippen LogP contribution < -0.4 is 5.32 Å². The Hall–Kier alpha value is -2.10. The van der Waals surface area contributed by atoms with Crippen LogP contribution in [0, 0.1) is 5.92 Å². The molecule has 0 aliphatic heterocycles. The number of nitrogens with zero attached hydrogens (tertiary/aromatic N) is 2. The molecule has 2 aromatic rings. The molecule has 0 aliphatic rings. The molecule has 20 heavy (non-hydrogen) atoms. The molecule has 1 amide bonds. The molecule has 0 unspecified atom stereocenters. The molecule has 2 rings (SSSR count). The van der Waals surface area contributed by atoms with Crippen molar-refractivity contribution in [2.75, 3.05) is 7.05 Å². The van der Waals surface area contributed by atoms with Gasteiger partial charge in [0, 0.05) is 30.9 Å². The van der Waals surface area contributed by atoms with Gasteiger partial charge in [0.2, 0.25) is 0 Å². The minimum Gasteiger partial charge on any atom is -0.355 e. The lowest BCUT2D eigenvalue weighted by molar-refractivity contribution is 0.0963. The van der Waals surface area contributed by atoms with Crippen LogP contribution in [0.5, 0.6) is 0 Å². The molecule has 1 aromatic heterocycles. The molecule has 0 atom stereocenters.